The maximum atomic E-state index is 12.5. The molecule has 1 atom stereocenters. The molecular weight excluding hydrogens is 396 g/mol. The highest BCUT2D eigenvalue weighted by molar-refractivity contribution is 8.01. The Hall–Kier alpha value is -3.58. The van der Waals surface area contributed by atoms with Crippen LogP contribution in [-0.4, -0.2) is 26.4 Å². The number of hydrogen-bond donors (Lipinski definition) is 2. The molecule has 2 N–H and O–H groups in total. The fourth-order valence-electron chi connectivity index (χ4n) is 3.41. The van der Waals surface area contributed by atoms with Crippen molar-refractivity contribution in [2.75, 3.05) is 10.6 Å². The average Bonchev–Trinajstić information content (AvgIpc) is 3.19. The zero-order valence-corrected chi connectivity index (χ0v) is 16.7. The Morgan fingerprint density at radius 2 is 1.87 bits per heavy atom. The molecule has 148 valence electrons. The Labute approximate surface area is 177 Å². The number of amides is 2. The predicted molar refractivity (Wildman–Crippen MR) is 119 cm³/mol. The second-order valence-electron chi connectivity index (χ2n) is 7.01. The third kappa shape index (κ3) is 3.67. The van der Waals surface area contributed by atoms with Gasteiger partial charge in [-0.1, -0.05) is 30.3 Å². The van der Waals surface area contributed by atoms with Gasteiger partial charge < -0.3 is 15.0 Å². The number of benzene rings is 2. The summed E-state index contributed by atoms with van der Waals surface area (Å²) in [5.74, 6) is -0.335. The normalized spacial score (nSPS) is 15.5. The number of para-hydroxylation sites is 1. The summed E-state index contributed by atoms with van der Waals surface area (Å²) in [6.45, 7) is 0. The molecule has 6 nitrogen and oxygen atoms in total. The quantitative estimate of drug-likeness (QED) is 0.518. The molecule has 2 amide bonds. The number of carbonyl (C=O) groups excluding carboxylic acids is 2. The lowest BCUT2D eigenvalue weighted by atomic mass is 10.1. The number of rotatable bonds is 4. The smallest absolute Gasteiger partial charge is 0.238 e. The minimum Gasteiger partial charge on any atom is -0.326 e. The molecule has 2 aromatic heterocycles. The van der Waals surface area contributed by atoms with E-state index in [1.54, 1.807) is 0 Å². The van der Waals surface area contributed by atoms with Gasteiger partial charge in [-0.05, 0) is 36.4 Å². The standard InChI is InChI=1S/C23H18N4O2S/c28-22(13-20-23(29)26-17-5-1-2-6-19(17)30-20)24-16-10-8-15(9-11-16)18-14-27-12-4-3-7-21(27)25-18/h1-12,14,20H,13H2,(H,24,28)(H,26,29)/t20-/m0/s1. The first-order valence-electron chi connectivity index (χ1n) is 9.56. The number of imidazole rings is 1. The second kappa shape index (κ2) is 7.68. The van der Waals surface area contributed by atoms with Crippen LogP contribution in [0.5, 0.6) is 0 Å². The van der Waals surface area contributed by atoms with Crippen molar-refractivity contribution in [1.82, 2.24) is 9.38 Å². The molecule has 0 aliphatic carbocycles. The minimum absolute atomic E-state index is 0.110. The van der Waals surface area contributed by atoms with Gasteiger partial charge in [0.1, 0.15) is 5.65 Å². The molecule has 0 saturated heterocycles. The monoisotopic (exact) mass is 414 g/mol. The van der Waals surface area contributed by atoms with Crippen LogP contribution in [0, 0.1) is 0 Å². The first-order chi connectivity index (χ1) is 14.7. The molecule has 0 bridgehead atoms. The van der Waals surface area contributed by atoms with Gasteiger partial charge in [0.25, 0.3) is 0 Å². The van der Waals surface area contributed by atoms with Crippen LogP contribution in [-0.2, 0) is 9.59 Å². The number of fused-ring (bicyclic) bond motifs is 2. The Balaban J connectivity index is 1.25. The Bertz CT molecular complexity index is 1220. The van der Waals surface area contributed by atoms with Gasteiger partial charge >= 0.3 is 0 Å². The Morgan fingerprint density at radius 1 is 1.07 bits per heavy atom. The lowest BCUT2D eigenvalue weighted by Crippen LogP contribution is -2.32. The summed E-state index contributed by atoms with van der Waals surface area (Å²) < 4.78 is 1.97. The van der Waals surface area contributed by atoms with Crippen LogP contribution in [0.3, 0.4) is 0 Å². The molecule has 0 saturated carbocycles. The summed E-state index contributed by atoms with van der Waals surface area (Å²) in [4.78, 5) is 30.4. The Morgan fingerprint density at radius 3 is 2.70 bits per heavy atom. The van der Waals surface area contributed by atoms with Crippen molar-refractivity contribution in [2.45, 2.75) is 16.6 Å². The van der Waals surface area contributed by atoms with E-state index < -0.39 is 5.25 Å². The molecule has 1 aliphatic rings. The van der Waals surface area contributed by atoms with Crippen molar-refractivity contribution in [3.63, 3.8) is 0 Å². The van der Waals surface area contributed by atoms with Gasteiger partial charge in [0.05, 0.1) is 16.6 Å². The molecule has 3 heterocycles. The van der Waals surface area contributed by atoms with Crippen LogP contribution < -0.4 is 10.6 Å². The number of aromatic nitrogens is 2. The molecule has 5 rings (SSSR count). The van der Waals surface area contributed by atoms with E-state index in [0.717, 1.165) is 27.5 Å². The highest BCUT2D eigenvalue weighted by Crippen LogP contribution is 2.36. The van der Waals surface area contributed by atoms with Crippen LogP contribution >= 0.6 is 11.8 Å². The zero-order chi connectivity index (χ0) is 20.5. The van der Waals surface area contributed by atoms with Gasteiger partial charge in [-0.3, -0.25) is 9.59 Å². The molecule has 7 heteroatoms. The van der Waals surface area contributed by atoms with E-state index in [4.69, 9.17) is 0 Å². The molecule has 2 aromatic carbocycles. The minimum atomic E-state index is -0.447. The fourth-order valence-corrected chi connectivity index (χ4v) is 4.52. The van der Waals surface area contributed by atoms with Gasteiger partial charge in [0.15, 0.2) is 0 Å². The van der Waals surface area contributed by atoms with E-state index in [1.807, 2.05) is 83.5 Å². The molecule has 0 spiro atoms. The van der Waals surface area contributed by atoms with Crippen LogP contribution in [0.2, 0.25) is 0 Å². The molecule has 0 radical (unpaired) electrons. The summed E-state index contributed by atoms with van der Waals surface area (Å²) in [7, 11) is 0. The Kier molecular flexibility index (Phi) is 4.72. The SMILES string of the molecule is O=C(C[C@@H]1Sc2ccccc2NC1=O)Nc1ccc(-c2cn3ccccc3n2)cc1. The van der Waals surface area contributed by atoms with Crippen molar-refractivity contribution >= 4 is 40.6 Å². The fraction of sp³-hybridized carbons (Fsp3) is 0.0870. The van der Waals surface area contributed by atoms with E-state index in [9.17, 15) is 9.59 Å². The van der Waals surface area contributed by atoms with Crippen molar-refractivity contribution in [3.8, 4) is 11.3 Å². The molecule has 1 aliphatic heterocycles. The molecule has 0 fully saturated rings. The lowest BCUT2D eigenvalue weighted by Gasteiger charge is -2.23. The van der Waals surface area contributed by atoms with Crippen molar-refractivity contribution in [1.29, 1.82) is 0 Å². The number of carbonyl (C=O) groups is 2. The average molecular weight is 414 g/mol. The summed E-state index contributed by atoms with van der Waals surface area (Å²) in [5.41, 5.74) is 4.21. The van der Waals surface area contributed by atoms with Crippen molar-refractivity contribution in [2.24, 2.45) is 0 Å². The first-order valence-corrected chi connectivity index (χ1v) is 10.4. The summed E-state index contributed by atoms with van der Waals surface area (Å²) in [5, 5.41) is 5.30. The van der Waals surface area contributed by atoms with Crippen molar-refractivity contribution < 1.29 is 9.59 Å². The van der Waals surface area contributed by atoms with Crippen molar-refractivity contribution in [3.05, 3.63) is 79.1 Å². The van der Waals surface area contributed by atoms with Gasteiger partial charge in [-0.15, -0.1) is 11.8 Å². The maximum Gasteiger partial charge on any atom is 0.238 e. The largest absolute Gasteiger partial charge is 0.326 e. The molecular formula is C23H18N4O2S. The number of anilines is 2. The van der Waals surface area contributed by atoms with E-state index in [1.165, 1.54) is 11.8 Å². The number of pyridine rings is 1. The van der Waals surface area contributed by atoms with Gasteiger partial charge in [0, 0.05) is 35.0 Å². The van der Waals surface area contributed by atoms with E-state index in [0.29, 0.717) is 5.69 Å². The van der Waals surface area contributed by atoms with Gasteiger partial charge in [-0.2, -0.15) is 0 Å². The van der Waals surface area contributed by atoms with E-state index in [-0.39, 0.29) is 18.2 Å². The lowest BCUT2D eigenvalue weighted by molar-refractivity contribution is -0.120. The molecule has 30 heavy (non-hydrogen) atoms. The van der Waals surface area contributed by atoms with Crippen LogP contribution in [0.4, 0.5) is 11.4 Å². The number of hydrogen-bond acceptors (Lipinski definition) is 4. The third-order valence-electron chi connectivity index (χ3n) is 4.91. The van der Waals surface area contributed by atoms with E-state index >= 15 is 0 Å². The summed E-state index contributed by atoms with van der Waals surface area (Å²) >= 11 is 1.42. The molecule has 0 unspecified atom stereocenters. The maximum absolute atomic E-state index is 12.5. The summed E-state index contributed by atoms with van der Waals surface area (Å²) in [6.07, 6.45) is 4.04. The predicted octanol–water partition coefficient (Wildman–Crippen LogP) is 4.44. The van der Waals surface area contributed by atoms with Crippen LogP contribution in [0.1, 0.15) is 6.42 Å². The van der Waals surface area contributed by atoms with Gasteiger partial charge in [0.2, 0.25) is 11.8 Å². The highest BCUT2D eigenvalue weighted by atomic mass is 32.2. The number of nitrogens with zero attached hydrogens (tertiary/aromatic N) is 2. The van der Waals surface area contributed by atoms with E-state index in [2.05, 4.69) is 15.6 Å². The third-order valence-corrected chi connectivity index (χ3v) is 6.18. The zero-order valence-electron chi connectivity index (χ0n) is 15.9. The first kappa shape index (κ1) is 18.4. The topological polar surface area (TPSA) is 75.5 Å². The number of thioether (sulfide) groups is 1. The summed E-state index contributed by atoms with van der Waals surface area (Å²) in [6, 6.07) is 21.0. The highest BCUT2D eigenvalue weighted by Gasteiger charge is 2.28. The van der Waals surface area contributed by atoms with Crippen LogP contribution in [0.25, 0.3) is 16.9 Å². The van der Waals surface area contributed by atoms with Crippen LogP contribution in [0.15, 0.2) is 84.0 Å². The second-order valence-corrected chi connectivity index (χ2v) is 8.26. The van der Waals surface area contributed by atoms with Gasteiger partial charge in [-0.25, -0.2) is 4.98 Å². The number of nitrogens with one attached hydrogen (secondary N) is 2. The molecule has 4 aromatic rings.